The molecule has 2 heterocycles. The third kappa shape index (κ3) is 4.48. The molecule has 0 saturated carbocycles. The first-order valence-corrected chi connectivity index (χ1v) is 13.3. The molecule has 1 saturated heterocycles. The first kappa shape index (κ1) is 24.0. The van der Waals surface area contributed by atoms with E-state index in [1.807, 2.05) is 36.4 Å². The monoisotopic (exact) mass is 514 g/mol. The van der Waals surface area contributed by atoms with Crippen molar-refractivity contribution in [3.05, 3.63) is 100 Å². The van der Waals surface area contributed by atoms with Gasteiger partial charge < -0.3 is 4.57 Å². The molecule has 1 fully saturated rings. The molecule has 1 aliphatic rings. The Hall–Kier alpha value is -2.74. The maximum absolute atomic E-state index is 14.2. The fraction of sp³-hybridized carbons (Fsp3) is 0.259. The molecule has 35 heavy (non-hydrogen) atoms. The fourth-order valence-corrected chi connectivity index (χ4v) is 6.80. The van der Waals surface area contributed by atoms with E-state index in [0.29, 0.717) is 30.5 Å². The molecular formula is C27H25ClF2N2O2S. The van der Waals surface area contributed by atoms with Crippen LogP contribution in [0.3, 0.4) is 0 Å². The molecule has 0 aliphatic carbocycles. The number of fused-ring (bicyclic) bond motifs is 1. The summed E-state index contributed by atoms with van der Waals surface area (Å²) in [5.41, 5.74) is 4.68. The molecule has 182 valence electrons. The van der Waals surface area contributed by atoms with Crippen molar-refractivity contribution in [2.45, 2.75) is 37.1 Å². The van der Waals surface area contributed by atoms with Gasteiger partial charge in [0.1, 0.15) is 16.5 Å². The van der Waals surface area contributed by atoms with Gasteiger partial charge in [0, 0.05) is 47.3 Å². The summed E-state index contributed by atoms with van der Waals surface area (Å²) in [6.45, 7) is 3.38. The van der Waals surface area contributed by atoms with Crippen LogP contribution >= 0.6 is 11.6 Å². The summed E-state index contributed by atoms with van der Waals surface area (Å²) >= 11 is 6.05. The maximum Gasteiger partial charge on any atom is 0.245 e. The summed E-state index contributed by atoms with van der Waals surface area (Å²) in [5, 5.41) is 1.87. The lowest BCUT2D eigenvalue weighted by Crippen LogP contribution is -2.38. The third-order valence-corrected chi connectivity index (χ3v) is 9.09. The molecule has 5 rings (SSSR count). The normalized spacial score (nSPS) is 15.7. The molecule has 4 nitrogen and oxygen atoms in total. The fourth-order valence-electron chi connectivity index (χ4n) is 5.16. The Bertz CT molecular complexity index is 1490. The average molecular weight is 515 g/mol. The number of aromatic nitrogens is 1. The van der Waals surface area contributed by atoms with E-state index in [1.54, 1.807) is 0 Å². The summed E-state index contributed by atoms with van der Waals surface area (Å²) < 4.78 is 57.2. The van der Waals surface area contributed by atoms with E-state index < -0.39 is 26.6 Å². The number of sulfonamides is 1. The highest BCUT2D eigenvalue weighted by Crippen LogP contribution is 2.39. The van der Waals surface area contributed by atoms with Crippen molar-refractivity contribution in [3.8, 4) is 0 Å². The number of halogens is 3. The minimum Gasteiger partial charge on any atom is -0.340 e. The van der Waals surface area contributed by atoms with Crippen LogP contribution in [0.1, 0.15) is 35.6 Å². The van der Waals surface area contributed by atoms with E-state index in [0.717, 1.165) is 28.9 Å². The molecule has 1 aromatic heterocycles. The second-order valence-corrected chi connectivity index (χ2v) is 11.3. The van der Waals surface area contributed by atoms with Crippen LogP contribution in [0.2, 0.25) is 5.02 Å². The van der Waals surface area contributed by atoms with E-state index in [4.69, 9.17) is 11.6 Å². The Morgan fingerprint density at radius 3 is 2.34 bits per heavy atom. The van der Waals surface area contributed by atoms with Crippen molar-refractivity contribution >= 4 is 32.5 Å². The molecule has 0 unspecified atom stereocenters. The second kappa shape index (κ2) is 9.37. The Balaban J connectivity index is 1.42. The predicted molar refractivity (Wildman–Crippen MR) is 134 cm³/mol. The Morgan fingerprint density at radius 1 is 0.971 bits per heavy atom. The third-order valence-electron chi connectivity index (χ3n) is 6.91. The van der Waals surface area contributed by atoms with Gasteiger partial charge in [-0.2, -0.15) is 4.31 Å². The first-order chi connectivity index (χ1) is 16.8. The molecular weight excluding hydrogens is 490 g/mol. The van der Waals surface area contributed by atoms with Crippen molar-refractivity contribution in [3.63, 3.8) is 0 Å². The number of hydrogen-bond donors (Lipinski definition) is 0. The van der Waals surface area contributed by atoms with Crippen LogP contribution in [-0.2, 0) is 16.6 Å². The Morgan fingerprint density at radius 2 is 1.66 bits per heavy atom. The van der Waals surface area contributed by atoms with Crippen molar-refractivity contribution in [1.29, 1.82) is 0 Å². The number of benzene rings is 3. The van der Waals surface area contributed by atoms with Crippen LogP contribution in [0.4, 0.5) is 8.78 Å². The molecule has 0 spiro atoms. The van der Waals surface area contributed by atoms with Crippen LogP contribution in [0, 0.1) is 18.6 Å². The van der Waals surface area contributed by atoms with Gasteiger partial charge in [-0.25, -0.2) is 17.2 Å². The number of hydrogen-bond acceptors (Lipinski definition) is 2. The molecule has 4 aromatic rings. The zero-order valence-corrected chi connectivity index (χ0v) is 20.8. The summed E-state index contributed by atoms with van der Waals surface area (Å²) in [7, 11) is -4.03. The van der Waals surface area contributed by atoms with Gasteiger partial charge in [0.2, 0.25) is 10.0 Å². The Labute approximate surface area is 208 Å². The zero-order chi connectivity index (χ0) is 24.7. The lowest BCUT2D eigenvalue weighted by Gasteiger charge is -2.31. The minimum absolute atomic E-state index is 0.177. The highest BCUT2D eigenvalue weighted by atomic mass is 35.5. The van der Waals surface area contributed by atoms with Crippen molar-refractivity contribution in [2.75, 3.05) is 13.1 Å². The van der Waals surface area contributed by atoms with Gasteiger partial charge in [0.05, 0.1) is 0 Å². The van der Waals surface area contributed by atoms with E-state index >= 15 is 0 Å². The van der Waals surface area contributed by atoms with Crippen LogP contribution in [0.15, 0.2) is 71.6 Å². The van der Waals surface area contributed by atoms with Crippen molar-refractivity contribution < 1.29 is 17.2 Å². The number of nitrogens with zero attached hydrogens (tertiary/aromatic N) is 2. The molecule has 0 radical (unpaired) electrons. The Kier molecular flexibility index (Phi) is 6.42. The van der Waals surface area contributed by atoms with Gasteiger partial charge in [-0.1, -0.05) is 41.9 Å². The highest BCUT2D eigenvalue weighted by molar-refractivity contribution is 7.89. The number of rotatable bonds is 5. The van der Waals surface area contributed by atoms with Gasteiger partial charge in [-0.15, -0.1) is 0 Å². The predicted octanol–water partition coefficient (Wildman–Crippen LogP) is 6.50. The minimum atomic E-state index is -4.03. The quantitative estimate of drug-likeness (QED) is 0.305. The standard InChI is InChI=1S/C27H25ClF2N2O2S/c1-18-27(23-4-2-3-5-25(23)32(18)17-19-6-8-21(28)9-7-19)20-12-14-31(15-13-20)35(33,34)26-11-10-22(29)16-24(26)30/h2-11,16,20H,12-15,17H2,1H3. The van der Waals surface area contributed by atoms with E-state index in [9.17, 15) is 17.2 Å². The van der Waals surface area contributed by atoms with Crippen LogP contribution in [-0.4, -0.2) is 30.4 Å². The summed E-state index contributed by atoms with van der Waals surface area (Å²) in [6, 6.07) is 18.7. The molecule has 0 bridgehead atoms. The number of para-hydroxylation sites is 1. The molecule has 3 aromatic carbocycles. The number of piperidine rings is 1. The molecule has 0 amide bonds. The lowest BCUT2D eigenvalue weighted by atomic mass is 9.88. The molecule has 1 aliphatic heterocycles. The van der Waals surface area contributed by atoms with Gasteiger partial charge in [-0.3, -0.25) is 0 Å². The van der Waals surface area contributed by atoms with Crippen LogP contribution in [0.5, 0.6) is 0 Å². The molecule has 0 N–H and O–H groups in total. The SMILES string of the molecule is Cc1c(C2CCN(S(=O)(=O)c3ccc(F)cc3F)CC2)c2ccccc2n1Cc1ccc(Cl)cc1. The first-order valence-electron chi connectivity index (χ1n) is 11.5. The second-order valence-electron chi connectivity index (χ2n) is 8.98. The van der Waals surface area contributed by atoms with Gasteiger partial charge in [0.15, 0.2) is 0 Å². The largest absolute Gasteiger partial charge is 0.340 e. The zero-order valence-electron chi connectivity index (χ0n) is 19.2. The van der Waals surface area contributed by atoms with E-state index in [-0.39, 0.29) is 19.0 Å². The summed E-state index contributed by atoms with van der Waals surface area (Å²) in [6.07, 6.45) is 1.25. The van der Waals surface area contributed by atoms with Gasteiger partial charge >= 0.3 is 0 Å². The molecule has 8 heteroatoms. The highest BCUT2D eigenvalue weighted by Gasteiger charge is 2.33. The summed E-state index contributed by atoms with van der Waals surface area (Å²) in [5.74, 6) is -1.69. The lowest BCUT2D eigenvalue weighted by molar-refractivity contribution is 0.318. The van der Waals surface area contributed by atoms with Crippen molar-refractivity contribution in [2.24, 2.45) is 0 Å². The molecule has 0 atom stereocenters. The average Bonchev–Trinajstić information content (AvgIpc) is 3.11. The van der Waals surface area contributed by atoms with E-state index in [1.165, 1.54) is 15.3 Å². The maximum atomic E-state index is 14.2. The van der Waals surface area contributed by atoms with Crippen molar-refractivity contribution in [1.82, 2.24) is 8.87 Å². The van der Waals surface area contributed by atoms with Gasteiger partial charge in [-0.05, 0) is 67.1 Å². The van der Waals surface area contributed by atoms with E-state index in [2.05, 4.69) is 23.6 Å². The topological polar surface area (TPSA) is 42.3 Å². The van der Waals surface area contributed by atoms with Crippen LogP contribution < -0.4 is 0 Å². The van der Waals surface area contributed by atoms with Gasteiger partial charge in [0.25, 0.3) is 0 Å². The smallest absolute Gasteiger partial charge is 0.245 e. The summed E-state index contributed by atoms with van der Waals surface area (Å²) in [4.78, 5) is -0.479. The van der Waals surface area contributed by atoms with Crippen LogP contribution in [0.25, 0.3) is 10.9 Å².